The fourth-order valence-corrected chi connectivity index (χ4v) is 11.3. The van der Waals surface area contributed by atoms with E-state index in [4.69, 9.17) is 9.47 Å². The summed E-state index contributed by atoms with van der Waals surface area (Å²) >= 11 is 0. The molecular weight excluding hydrogens is 906 g/mol. The van der Waals surface area contributed by atoms with Gasteiger partial charge in [0.1, 0.15) is 11.5 Å². The molecule has 330 valence electrons. The number of ether oxygens (including phenoxy) is 2. The van der Waals surface area contributed by atoms with Crippen molar-refractivity contribution in [1.82, 2.24) is 0 Å². The molecule has 0 aliphatic carbocycles. The first-order valence-corrected chi connectivity index (χ1v) is 20.9. The maximum absolute atomic E-state index is 13.8. The zero-order chi connectivity index (χ0) is 46.8. The van der Waals surface area contributed by atoms with Crippen molar-refractivity contribution < 1.29 is 71.7 Å². The van der Waals surface area contributed by atoms with E-state index >= 15 is 0 Å². The van der Waals surface area contributed by atoms with Crippen LogP contribution in [0.15, 0.2) is 159 Å². The SMILES string of the molecule is C=CC(=O)Oc1cccc(P(c2ccc(C(F)(F)F)cc2)c2ccc(C(F)(F)F)cc2)c1-c1c(OC(=O)C=C)cccc1P(c1ccc(C(F)(F)F)cc1)c1ccc(C(F)(F)F)cc1. The van der Waals surface area contributed by atoms with E-state index in [1.54, 1.807) is 0 Å². The van der Waals surface area contributed by atoms with E-state index in [1.165, 1.54) is 36.4 Å². The van der Waals surface area contributed by atoms with E-state index in [0.29, 0.717) is 0 Å². The summed E-state index contributed by atoms with van der Waals surface area (Å²) in [4.78, 5) is 26.0. The molecule has 0 heterocycles. The smallest absolute Gasteiger partial charge is 0.416 e. The maximum atomic E-state index is 13.8. The number of alkyl halides is 12. The van der Waals surface area contributed by atoms with Crippen molar-refractivity contribution in [3.05, 3.63) is 181 Å². The molecular formula is C46H28F12O4P2. The van der Waals surface area contributed by atoms with Crippen molar-refractivity contribution in [2.75, 3.05) is 0 Å². The highest BCUT2D eigenvalue weighted by Crippen LogP contribution is 2.48. The van der Waals surface area contributed by atoms with Crippen LogP contribution in [0, 0.1) is 0 Å². The van der Waals surface area contributed by atoms with Gasteiger partial charge < -0.3 is 9.47 Å². The minimum absolute atomic E-state index is 0.0852. The minimum atomic E-state index is -4.80. The molecule has 6 aromatic carbocycles. The van der Waals surface area contributed by atoms with Gasteiger partial charge >= 0.3 is 36.6 Å². The number of carbonyl (C=O) groups is 2. The Labute approximate surface area is 359 Å². The van der Waals surface area contributed by atoms with Gasteiger partial charge in [-0.25, -0.2) is 9.59 Å². The van der Waals surface area contributed by atoms with Crippen LogP contribution in [0.3, 0.4) is 0 Å². The van der Waals surface area contributed by atoms with Gasteiger partial charge in [-0.3, -0.25) is 0 Å². The van der Waals surface area contributed by atoms with Crippen LogP contribution in [-0.4, -0.2) is 11.9 Å². The third-order valence-electron chi connectivity index (χ3n) is 9.31. The Balaban J connectivity index is 1.76. The Bertz CT molecular complexity index is 2370. The summed E-state index contributed by atoms with van der Waals surface area (Å²) in [5, 5.41) is 0.693. The Morgan fingerprint density at radius 3 is 0.828 bits per heavy atom. The quantitative estimate of drug-likeness (QED) is 0.0427. The first kappa shape index (κ1) is 47.2. The molecule has 6 aromatic rings. The van der Waals surface area contributed by atoms with Crippen molar-refractivity contribution in [2.45, 2.75) is 24.7 Å². The van der Waals surface area contributed by atoms with E-state index in [-0.39, 0.29) is 54.5 Å². The lowest BCUT2D eigenvalue weighted by molar-refractivity contribution is -0.138. The van der Waals surface area contributed by atoms with Crippen molar-refractivity contribution in [3.8, 4) is 22.6 Å². The van der Waals surface area contributed by atoms with Crippen LogP contribution in [0.25, 0.3) is 11.1 Å². The lowest BCUT2D eigenvalue weighted by Gasteiger charge is -2.29. The first-order chi connectivity index (χ1) is 30.0. The highest BCUT2D eigenvalue weighted by Gasteiger charge is 2.36. The number of hydrogen-bond acceptors (Lipinski definition) is 4. The van der Waals surface area contributed by atoms with Gasteiger partial charge in [-0.05, 0) is 108 Å². The molecule has 0 aromatic heterocycles. The Morgan fingerprint density at radius 1 is 0.391 bits per heavy atom. The first-order valence-electron chi connectivity index (χ1n) is 18.3. The van der Waals surface area contributed by atoms with E-state index < -0.39 is 74.7 Å². The fraction of sp³-hybridized carbons (Fsp3) is 0.0870. The third-order valence-corrected chi connectivity index (χ3v) is 14.3. The number of rotatable bonds is 11. The van der Waals surface area contributed by atoms with Crippen molar-refractivity contribution in [2.24, 2.45) is 0 Å². The van der Waals surface area contributed by atoms with Crippen LogP contribution >= 0.6 is 15.8 Å². The molecule has 4 nitrogen and oxygen atoms in total. The third kappa shape index (κ3) is 10.6. The Kier molecular flexibility index (Phi) is 13.6. The second kappa shape index (κ2) is 18.5. The molecule has 0 atom stereocenters. The zero-order valence-corrected chi connectivity index (χ0v) is 34.1. The lowest BCUT2D eigenvalue weighted by atomic mass is 10.0. The molecule has 0 saturated heterocycles. The molecule has 0 fully saturated rings. The summed E-state index contributed by atoms with van der Waals surface area (Å²) in [6, 6.07) is 23.2. The van der Waals surface area contributed by atoms with E-state index in [0.717, 1.165) is 109 Å². The average molecular weight is 935 g/mol. The number of esters is 2. The summed E-state index contributed by atoms with van der Waals surface area (Å²) < 4.78 is 178. The molecule has 18 heteroatoms. The van der Waals surface area contributed by atoms with Gasteiger partial charge in [0, 0.05) is 23.3 Å². The summed E-state index contributed by atoms with van der Waals surface area (Å²) in [5.41, 5.74) is -4.49. The average Bonchev–Trinajstić information content (AvgIpc) is 3.24. The molecule has 0 aliphatic rings. The van der Waals surface area contributed by atoms with Crippen LogP contribution in [0.2, 0.25) is 0 Å². The predicted molar refractivity (Wildman–Crippen MR) is 221 cm³/mol. The highest BCUT2D eigenvalue weighted by atomic mass is 31.1. The van der Waals surface area contributed by atoms with Crippen LogP contribution < -0.4 is 41.3 Å². The van der Waals surface area contributed by atoms with Gasteiger partial charge in [-0.2, -0.15) is 52.7 Å². The second-order valence-corrected chi connectivity index (χ2v) is 17.8. The van der Waals surface area contributed by atoms with Crippen molar-refractivity contribution >= 4 is 59.6 Å². The number of carbonyl (C=O) groups excluding carboxylic acids is 2. The standard InChI is InChI=1S/C46H28F12O4P2/c1-3-39(59)61-35-7-5-9-37(63(31-19-11-27(12-20-31)43(47,48)49)32-21-13-28(14-22-32)44(50,51)52)41(35)42-36(62-40(60)4-2)8-6-10-38(42)64(33-23-15-29(16-24-33)45(53,54)55)34-25-17-30(18-26-34)46(56,57)58/h3-26H,1-2H2. The van der Waals surface area contributed by atoms with E-state index in [2.05, 4.69) is 13.2 Å². The van der Waals surface area contributed by atoms with Crippen molar-refractivity contribution in [1.29, 1.82) is 0 Å². The van der Waals surface area contributed by atoms with Gasteiger partial charge in [0.25, 0.3) is 0 Å². The second-order valence-electron chi connectivity index (χ2n) is 13.4. The van der Waals surface area contributed by atoms with Crippen LogP contribution in [0.4, 0.5) is 52.7 Å². The van der Waals surface area contributed by atoms with Gasteiger partial charge in [-0.1, -0.05) is 86.0 Å². The summed E-state index contributed by atoms with van der Waals surface area (Å²) in [6.07, 6.45) is -17.6. The molecule has 0 saturated carbocycles. The van der Waals surface area contributed by atoms with Gasteiger partial charge in [0.2, 0.25) is 0 Å². The molecule has 0 aliphatic heterocycles. The Morgan fingerprint density at radius 2 is 0.625 bits per heavy atom. The van der Waals surface area contributed by atoms with E-state index in [1.807, 2.05) is 0 Å². The van der Waals surface area contributed by atoms with Crippen LogP contribution in [0.1, 0.15) is 22.3 Å². The minimum Gasteiger partial charge on any atom is -0.423 e. The molecule has 64 heavy (non-hydrogen) atoms. The normalized spacial score (nSPS) is 12.3. The topological polar surface area (TPSA) is 52.6 Å². The Hall–Kier alpha value is -6.24. The molecule has 0 radical (unpaired) electrons. The largest absolute Gasteiger partial charge is 0.423 e. The van der Waals surface area contributed by atoms with Crippen LogP contribution in [0.5, 0.6) is 11.5 Å². The van der Waals surface area contributed by atoms with Gasteiger partial charge in [-0.15, -0.1) is 0 Å². The molecule has 0 spiro atoms. The maximum Gasteiger partial charge on any atom is 0.416 e. The lowest BCUT2D eigenvalue weighted by Crippen LogP contribution is -2.27. The summed E-state index contributed by atoms with van der Waals surface area (Å²) in [5.74, 6) is -2.73. The van der Waals surface area contributed by atoms with Crippen LogP contribution in [-0.2, 0) is 34.3 Å². The highest BCUT2D eigenvalue weighted by molar-refractivity contribution is 7.80. The fourth-order valence-electron chi connectivity index (χ4n) is 6.44. The molecule has 0 N–H and O–H groups in total. The molecule has 0 amide bonds. The number of halogens is 12. The number of benzene rings is 6. The summed E-state index contributed by atoms with van der Waals surface area (Å²) in [6.45, 7) is 6.84. The van der Waals surface area contributed by atoms with Gasteiger partial charge in [0.05, 0.1) is 22.3 Å². The molecule has 6 rings (SSSR count). The van der Waals surface area contributed by atoms with Gasteiger partial charge in [0.15, 0.2) is 0 Å². The zero-order valence-electron chi connectivity index (χ0n) is 32.3. The van der Waals surface area contributed by atoms with Crippen molar-refractivity contribution in [3.63, 3.8) is 0 Å². The van der Waals surface area contributed by atoms with E-state index in [9.17, 15) is 62.3 Å². The number of hydrogen-bond donors (Lipinski definition) is 0. The predicted octanol–water partition coefficient (Wildman–Crippen LogP) is 11.1. The monoisotopic (exact) mass is 934 g/mol. The molecule has 0 bridgehead atoms. The summed E-state index contributed by atoms with van der Waals surface area (Å²) in [7, 11) is -4.60. The molecule has 0 unspecified atom stereocenters.